The molecule has 0 amide bonds. The van der Waals surface area contributed by atoms with Crippen molar-refractivity contribution in [1.82, 2.24) is 19.5 Å². The van der Waals surface area contributed by atoms with Crippen LogP contribution in [0.1, 0.15) is 6.42 Å². The van der Waals surface area contributed by atoms with Gasteiger partial charge >= 0.3 is 8.25 Å². The second-order valence-corrected chi connectivity index (χ2v) is 7.49. The molecule has 0 aliphatic heterocycles. The molecule has 2 unspecified atom stereocenters. The highest BCUT2D eigenvalue weighted by molar-refractivity contribution is 7.33. The summed E-state index contributed by atoms with van der Waals surface area (Å²) in [5.41, 5.74) is 5.84. The lowest BCUT2D eigenvalue weighted by atomic mass is 10.1. The molecule has 2 atom stereocenters. The Morgan fingerprint density at radius 2 is 2.18 bits per heavy atom. The number of anilines is 1. The zero-order chi connectivity index (χ0) is 19.7. The topological polar surface area (TPSA) is 145 Å². The first kappa shape index (κ1) is 18.4. The van der Waals surface area contributed by atoms with E-state index in [1.165, 1.54) is 6.33 Å². The van der Waals surface area contributed by atoms with Crippen LogP contribution >= 0.6 is 8.25 Å². The number of H-pyrrole nitrogens is 1. The summed E-state index contributed by atoms with van der Waals surface area (Å²) >= 11 is 0. The molecule has 2 heterocycles. The first-order chi connectivity index (χ1) is 13.5. The molecule has 1 fully saturated rings. The van der Waals surface area contributed by atoms with Crippen LogP contribution in [0.25, 0.3) is 17.4 Å². The molecule has 0 saturated heterocycles. The number of para-hydroxylation sites is 1. The number of imidazole rings is 1. The van der Waals surface area contributed by atoms with E-state index in [9.17, 15) is 14.5 Å². The Hall–Kier alpha value is -2.94. The molecule has 0 spiro atoms. The third kappa shape index (κ3) is 3.57. The quantitative estimate of drug-likeness (QED) is 0.502. The molecule has 1 aromatic carbocycles. The van der Waals surface area contributed by atoms with Crippen LogP contribution < -0.4 is 15.8 Å². The van der Waals surface area contributed by atoms with Gasteiger partial charge in [0.2, 0.25) is 5.95 Å². The summed E-state index contributed by atoms with van der Waals surface area (Å²) in [7, 11) is -2.76. The monoisotopic (exact) mass is 403 g/mol. The van der Waals surface area contributed by atoms with Crippen LogP contribution in [0.5, 0.6) is 5.75 Å². The Labute approximate surface area is 159 Å². The van der Waals surface area contributed by atoms with Crippen molar-refractivity contribution in [3.63, 3.8) is 0 Å². The summed E-state index contributed by atoms with van der Waals surface area (Å²) in [5, 5.41) is 9.79. The number of aromatic amines is 1. The van der Waals surface area contributed by atoms with E-state index in [0.29, 0.717) is 17.8 Å². The van der Waals surface area contributed by atoms with Gasteiger partial charge in [0.15, 0.2) is 11.2 Å². The maximum Gasteiger partial charge on any atom is 0.367 e. The first-order valence-electron chi connectivity index (χ1n) is 8.45. The number of aromatic nitrogens is 4. The molecule has 4 rings (SSSR count). The van der Waals surface area contributed by atoms with E-state index in [1.807, 2.05) is 6.07 Å². The van der Waals surface area contributed by atoms with Gasteiger partial charge in [-0.15, -0.1) is 0 Å². The molecular formula is C17H18N5O5P. The van der Waals surface area contributed by atoms with Crippen LogP contribution in [-0.2, 0) is 9.09 Å². The van der Waals surface area contributed by atoms with E-state index >= 15 is 0 Å². The van der Waals surface area contributed by atoms with E-state index in [1.54, 1.807) is 35.0 Å². The van der Waals surface area contributed by atoms with Gasteiger partial charge in [-0.05, 0) is 24.1 Å². The fraction of sp³-hybridized carbons (Fsp3) is 0.235. The average molecular weight is 403 g/mol. The van der Waals surface area contributed by atoms with E-state index in [4.69, 9.17) is 14.8 Å². The smallest absolute Gasteiger partial charge is 0.367 e. The van der Waals surface area contributed by atoms with Gasteiger partial charge in [0.05, 0.1) is 13.2 Å². The van der Waals surface area contributed by atoms with E-state index in [-0.39, 0.29) is 24.7 Å². The Morgan fingerprint density at radius 3 is 2.93 bits per heavy atom. The number of aliphatic hydroxyl groups is 1. The van der Waals surface area contributed by atoms with Crippen LogP contribution in [0.3, 0.4) is 0 Å². The molecule has 1 saturated carbocycles. The Bertz CT molecular complexity index is 1130. The molecule has 1 aliphatic rings. The van der Waals surface area contributed by atoms with Gasteiger partial charge in [-0.3, -0.25) is 14.3 Å². The predicted molar refractivity (Wildman–Crippen MR) is 103 cm³/mol. The number of nitrogens with two attached hydrogens (primary N) is 1. The number of nitrogen functional groups attached to an aromatic ring is 1. The minimum atomic E-state index is -2.76. The number of nitrogens with one attached hydrogen (secondary N) is 1. The van der Waals surface area contributed by atoms with Gasteiger partial charge in [-0.2, -0.15) is 4.98 Å². The number of rotatable bonds is 7. The molecular weight excluding hydrogens is 385 g/mol. The number of hydrogen-bond acceptors (Lipinski definition) is 8. The highest BCUT2D eigenvalue weighted by Gasteiger charge is 2.49. The van der Waals surface area contributed by atoms with Crippen molar-refractivity contribution in [2.24, 2.45) is 5.41 Å². The minimum Gasteiger partial charge on any atom is -0.426 e. The standard InChI is InChI=1S/C17H18N5O5P/c18-16-20-14-13(15(24)21-16)19-10-22(14)7-11-6-17(11,8-23)9-26-28(25)27-12-4-2-1-3-5-12/h1-5,7,10,23,28H,6,8-9H2,(H3,18,20,21,24)/b11-7-. The highest BCUT2D eigenvalue weighted by Crippen LogP contribution is 2.53. The Balaban J connectivity index is 1.47. The predicted octanol–water partition coefficient (Wildman–Crippen LogP) is 1.41. The maximum atomic E-state index is 12.0. The molecule has 11 heteroatoms. The Kier molecular flexibility index (Phi) is 4.76. The maximum absolute atomic E-state index is 12.0. The summed E-state index contributed by atoms with van der Waals surface area (Å²) in [5.74, 6) is 0.441. The lowest BCUT2D eigenvalue weighted by molar-refractivity contribution is 0.153. The van der Waals surface area contributed by atoms with Gasteiger partial charge in [0.25, 0.3) is 5.56 Å². The number of nitrogens with zero attached hydrogens (tertiary/aromatic N) is 3. The van der Waals surface area contributed by atoms with Crippen LogP contribution in [0.15, 0.2) is 47.0 Å². The molecule has 146 valence electrons. The second kappa shape index (κ2) is 7.23. The zero-order valence-corrected chi connectivity index (χ0v) is 15.7. The largest absolute Gasteiger partial charge is 0.426 e. The van der Waals surface area contributed by atoms with Crippen molar-refractivity contribution in [2.45, 2.75) is 6.42 Å². The van der Waals surface area contributed by atoms with Gasteiger partial charge < -0.3 is 19.9 Å². The molecule has 10 nitrogen and oxygen atoms in total. The van der Waals surface area contributed by atoms with E-state index in [2.05, 4.69) is 15.0 Å². The molecule has 0 radical (unpaired) electrons. The van der Waals surface area contributed by atoms with Crippen molar-refractivity contribution < 1.29 is 18.7 Å². The number of hydrogen-bond donors (Lipinski definition) is 3. The van der Waals surface area contributed by atoms with Crippen LogP contribution in [0, 0.1) is 5.41 Å². The fourth-order valence-electron chi connectivity index (χ4n) is 2.87. The Morgan fingerprint density at radius 1 is 1.39 bits per heavy atom. The third-order valence-electron chi connectivity index (χ3n) is 4.54. The van der Waals surface area contributed by atoms with Crippen LogP contribution in [0.4, 0.5) is 5.95 Å². The lowest BCUT2D eigenvalue weighted by Crippen LogP contribution is -2.14. The SMILES string of the molecule is Nc1nc2c(ncn2/C=C2/CC2(CO)CO[PH](=O)Oc2ccccc2)c(=O)[nH]1. The first-order valence-corrected chi connectivity index (χ1v) is 9.67. The van der Waals surface area contributed by atoms with Gasteiger partial charge in [-0.1, -0.05) is 18.2 Å². The van der Waals surface area contributed by atoms with Crippen molar-refractivity contribution in [2.75, 3.05) is 18.9 Å². The molecule has 4 N–H and O–H groups in total. The summed E-state index contributed by atoms with van der Waals surface area (Å²) in [6, 6.07) is 8.72. The molecule has 3 aromatic rings. The number of fused-ring (bicyclic) bond motifs is 1. The number of aliphatic hydroxyl groups excluding tert-OH is 1. The zero-order valence-electron chi connectivity index (χ0n) is 14.7. The lowest BCUT2D eigenvalue weighted by Gasteiger charge is -2.12. The second-order valence-electron chi connectivity index (χ2n) is 6.50. The molecule has 0 bridgehead atoms. The van der Waals surface area contributed by atoms with E-state index < -0.39 is 19.2 Å². The van der Waals surface area contributed by atoms with Gasteiger partial charge in [-0.25, -0.2) is 9.55 Å². The van der Waals surface area contributed by atoms with Crippen molar-refractivity contribution in [3.05, 3.63) is 52.6 Å². The highest BCUT2D eigenvalue weighted by atomic mass is 31.1. The molecule has 2 aromatic heterocycles. The van der Waals surface area contributed by atoms with Gasteiger partial charge in [0, 0.05) is 11.6 Å². The molecule has 28 heavy (non-hydrogen) atoms. The van der Waals surface area contributed by atoms with Crippen LogP contribution in [-0.4, -0.2) is 37.8 Å². The van der Waals surface area contributed by atoms with Gasteiger partial charge in [0.1, 0.15) is 12.1 Å². The van der Waals surface area contributed by atoms with Crippen molar-refractivity contribution in [1.29, 1.82) is 0 Å². The molecule has 1 aliphatic carbocycles. The summed E-state index contributed by atoms with van der Waals surface area (Å²) < 4.78 is 24.2. The normalized spacial score (nSPS) is 21.1. The van der Waals surface area contributed by atoms with Crippen LogP contribution in [0.2, 0.25) is 0 Å². The fourth-order valence-corrected chi connectivity index (χ4v) is 3.65. The van der Waals surface area contributed by atoms with Crippen molar-refractivity contribution in [3.8, 4) is 5.75 Å². The minimum absolute atomic E-state index is 0.0122. The average Bonchev–Trinajstić information content (AvgIpc) is 3.22. The summed E-state index contributed by atoms with van der Waals surface area (Å²) in [6.07, 6.45) is 3.71. The summed E-state index contributed by atoms with van der Waals surface area (Å²) in [6.45, 7) is -0.134. The number of benzene rings is 1. The summed E-state index contributed by atoms with van der Waals surface area (Å²) in [4.78, 5) is 22.4. The van der Waals surface area contributed by atoms with E-state index in [0.717, 1.165) is 5.57 Å². The van der Waals surface area contributed by atoms with Crippen molar-refractivity contribution >= 4 is 31.6 Å². The third-order valence-corrected chi connectivity index (χ3v) is 5.33.